The molecule has 1 aromatic carbocycles. The third-order valence-electron chi connectivity index (χ3n) is 6.91. The first-order chi connectivity index (χ1) is 16.9. The summed E-state index contributed by atoms with van der Waals surface area (Å²) < 4.78 is 18.0. The van der Waals surface area contributed by atoms with Crippen molar-refractivity contribution in [2.24, 2.45) is 11.8 Å². The van der Waals surface area contributed by atoms with Crippen LogP contribution in [0.5, 0.6) is 5.88 Å². The molecule has 3 heterocycles. The van der Waals surface area contributed by atoms with Crippen LogP contribution in [0.15, 0.2) is 24.5 Å². The van der Waals surface area contributed by atoms with E-state index in [0.29, 0.717) is 60.7 Å². The van der Waals surface area contributed by atoms with Crippen LogP contribution in [0.4, 0.5) is 16.3 Å². The molecule has 2 aliphatic heterocycles. The van der Waals surface area contributed by atoms with Crippen LogP contribution < -0.4 is 10.1 Å². The summed E-state index contributed by atoms with van der Waals surface area (Å²) in [5, 5.41) is 12.8. The number of nitriles is 1. The second-order valence-electron chi connectivity index (χ2n) is 9.65. The van der Waals surface area contributed by atoms with E-state index in [2.05, 4.69) is 21.4 Å². The molecular weight excluding hydrogens is 470 g/mol. The molecule has 0 radical (unpaired) electrons. The fourth-order valence-electron chi connectivity index (χ4n) is 4.66. The minimum absolute atomic E-state index is 0.0195. The van der Waals surface area contributed by atoms with E-state index < -0.39 is 0 Å². The first-order valence-electron chi connectivity index (χ1n) is 11.9. The summed E-state index contributed by atoms with van der Waals surface area (Å²) in [4.78, 5) is 23.3. The number of carbonyl (C=O) groups excluding carboxylic acids is 1. The number of benzene rings is 1. The van der Waals surface area contributed by atoms with E-state index in [1.807, 2.05) is 13.8 Å². The first-order valence-corrected chi connectivity index (χ1v) is 12.3. The molecule has 35 heavy (non-hydrogen) atoms. The normalized spacial score (nSPS) is 24.3. The number of amides is 1. The van der Waals surface area contributed by atoms with Gasteiger partial charge in [0, 0.05) is 24.9 Å². The van der Waals surface area contributed by atoms with E-state index in [4.69, 9.17) is 31.1 Å². The van der Waals surface area contributed by atoms with Gasteiger partial charge < -0.3 is 24.4 Å². The second-order valence-corrected chi connectivity index (χ2v) is 10.1. The van der Waals surface area contributed by atoms with Crippen LogP contribution in [0.1, 0.15) is 37.8 Å². The van der Waals surface area contributed by atoms with Gasteiger partial charge in [0.1, 0.15) is 23.9 Å². The summed E-state index contributed by atoms with van der Waals surface area (Å²) in [5.74, 6) is 1.15. The maximum Gasteiger partial charge on any atom is 0.410 e. The first kappa shape index (κ1) is 23.6. The van der Waals surface area contributed by atoms with Crippen molar-refractivity contribution in [2.75, 3.05) is 31.6 Å². The van der Waals surface area contributed by atoms with Crippen LogP contribution in [-0.2, 0) is 15.9 Å². The molecule has 3 fully saturated rings. The molecule has 1 aromatic heterocycles. The van der Waals surface area contributed by atoms with Crippen molar-refractivity contribution in [3.63, 3.8) is 0 Å². The number of ether oxygens (including phenoxy) is 3. The van der Waals surface area contributed by atoms with Gasteiger partial charge in [0.2, 0.25) is 5.88 Å². The third-order valence-corrected chi connectivity index (χ3v) is 7.22. The molecular formula is C25H28ClN5O4. The molecule has 5 rings (SSSR count). The zero-order valence-corrected chi connectivity index (χ0v) is 20.5. The number of aromatic nitrogens is 2. The Bertz CT molecular complexity index is 1150. The Morgan fingerprint density at radius 3 is 2.69 bits per heavy atom. The van der Waals surface area contributed by atoms with Crippen molar-refractivity contribution in [3.05, 3.63) is 40.7 Å². The highest BCUT2D eigenvalue weighted by Crippen LogP contribution is 2.40. The number of carbonyl (C=O) groups is 1. The van der Waals surface area contributed by atoms with Crippen LogP contribution in [0.2, 0.25) is 5.02 Å². The average Bonchev–Trinajstić information content (AvgIpc) is 3.56. The molecule has 1 aliphatic carbocycles. The lowest BCUT2D eigenvalue weighted by atomic mass is 9.84. The summed E-state index contributed by atoms with van der Waals surface area (Å²) >= 11 is 6.35. The maximum absolute atomic E-state index is 12.7. The van der Waals surface area contributed by atoms with Crippen LogP contribution in [0.25, 0.3) is 0 Å². The van der Waals surface area contributed by atoms with Gasteiger partial charge >= 0.3 is 6.09 Å². The highest BCUT2D eigenvalue weighted by Gasteiger charge is 2.47. The number of nitrogens with one attached hydrogen (secondary N) is 1. The summed E-state index contributed by atoms with van der Waals surface area (Å²) in [7, 11) is 0. The van der Waals surface area contributed by atoms with Crippen LogP contribution in [-0.4, -0.2) is 59.0 Å². The Kier molecular flexibility index (Phi) is 6.43. The van der Waals surface area contributed by atoms with E-state index in [1.54, 1.807) is 23.1 Å². The summed E-state index contributed by atoms with van der Waals surface area (Å²) in [6.07, 6.45) is 3.57. The van der Waals surface area contributed by atoms with Gasteiger partial charge in [0.25, 0.3) is 0 Å². The van der Waals surface area contributed by atoms with Gasteiger partial charge in [0.05, 0.1) is 41.1 Å². The molecule has 2 bridgehead atoms. The third kappa shape index (κ3) is 5.00. The Hall–Kier alpha value is -3.09. The van der Waals surface area contributed by atoms with Crippen LogP contribution >= 0.6 is 11.6 Å². The predicted octanol–water partition coefficient (Wildman–Crippen LogP) is 4.32. The van der Waals surface area contributed by atoms with E-state index >= 15 is 0 Å². The standard InChI is InChI=1S/C25H28ClN5O4/c1-3-18-22(30-20-5-4-15(9-27)8-19(20)26)28-14-29-23(18)34-21-16-10-31(11-17(21)13-33-12-16)24(32)35-25(2)6-7-25/h4-5,8,14,16-17,21H,3,6-7,10-13H2,1-2H3,(H,28,29,30). The van der Waals surface area contributed by atoms with Gasteiger partial charge in [-0.05, 0) is 44.4 Å². The number of halogens is 1. The molecule has 3 aliphatic rings. The number of nitrogens with zero attached hydrogens (tertiary/aromatic N) is 4. The molecule has 9 nitrogen and oxygen atoms in total. The van der Waals surface area contributed by atoms with Gasteiger partial charge in [-0.1, -0.05) is 18.5 Å². The van der Waals surface area contributed by atoms with Crippen molar-refractivity contribution in [1.29, 1.82) is 5.26 Å². The van der Waals surface area contributed by atoms with Crippen molar-refractivity contribution >= 4 is 29.2 Å². The molecule has 10 heteroatoms. The quantitative estimate of drug-likeness (QED) is 0.628. The molecule has 2 aromatic rings. The zero-order valence-electron chi connectivity index (χ0n) is 19.8. The molecule has 2 saturated heterocycles. The molecule has 1 N–H and O–H groups in total. The predicted molar refractivity (Wildman–Crippen MR) is 129 cm³/mol. The second kappa shape index (κ2) is 9.51. The van der Waals surface area contributed by atoms with E-state index in [1.165, 1.54) is 6.33 Å². The molecule has 184 valence electrons. The number of hydrogen-bond acceptors (Lipinski definition) is 8. The van der Waals surface area contributed by atoms with E-state index in [-0.39, 0.29) is 29.6 Å². The number of likely N-dealkylation sites (tertiary alicyclic amines) is 1. The summed E-state index contributed by atoms with van der Waals surface area (Å²) in [6, 6.07) is 7.14. The minimum atomic E-state index is -0.297. The number of piperidine rings is 1. The van der Waals surface area contributed by atoms with Gasteiger partial charge in [-0.15, -0.1) is 0 Å². The lowest BCUT2D eigenvalue weighted by molar-refractivity contribution is -0.111. The monoisotopic (exact) mass is 497 g/mol. The maximum atomic E-state index is 12.7. The molecule has 0 spiro atoms. The highest BCUT2D eigenvalue weighted by atomic mass is 35.5. The van der Waals surface area contributed by atoms with Crippen molar-refractivity contribution < 1.29 is 19.0 Å². The average molecular weight is 498 g/mol. The molecule has 2 atom stereocenters. The minimum Gasteiger partial charge on any atom is -0.473 e. The van der Waals surface area contributed by atoms with Crippen molar-refractivity contribution in [1.82, 2.24) is 14.9 Å². The fourth-order valence-corrected chi connectivity index (χ4v) is 4.89. The largest absolute Gasteiger partial charge is 0.473 e. The molecule has 2 unspecified atom stereocenters. The fraction of sp³-hybridized carbons (Fsp3) is 0.520. The van der Waals surface area contributed by atoms with Gasteiger partial charge in [-0.3, -0.25) is 0 Å². The number of fused-ring (bicyclic) bond motifs is 2. The van der Waals surface area contributed by atoms with Gasteiger partial charge in [-0.2, -0.15) is 5.26 Å². The van der Waals surface area contributed by atoms with Gasteiger partial charge in [-0.25, -0.2) is 14.8 Å². The van der Waals surface area contributed by atoms with Crippen LogP contribution in [0.3, 0.4) is 0 Å². The number of hydrogen-bond donors (Lipinski definition) is 1. The lowest BCUT2D eigenvalue weighted by Gasteiger charge is -2.46. The molecule has 1 saturated carbocycles. The summed E-state index contributed by atoms with van der Waals surface area (Å²) in [5.41, 5.74) is 1.66. The summed E-state index contributed by atoms with van der Waals surface area (Å²) in [6.45, 7) is 6.06. The number of anilines is 2. The van der Waals surface area contributed by atoms with Crippen LogP contribution in [0, 0.1) is 23.2 Å². The Morgan fingerprint density at radius 1 is 1.31 bits per heavy atom. The van der Waals surface area contributed by atoms with E-state index in [9.17, 15) is 4.79 Å². The Balaban J connectivity index is 1.33. The lowest BCUT2D eigenvalue weighted by Crippen LogP contribution is -2.59. The smallest absolute Gasteiger partial charge is 0.410 e. The molecule has 1 amide bonds. The highest BCUT2D eigenvalue weighted by molar-refractivity contribution is 6.33. The Morgan fingerprint density at radius 2 is 2.06 bits per heavy atom. The SMILES string of the molecule is CCc1c(Nc2ccc(C#N)cc2Cl)ncnc1OC1C2COCC1CN(C(=O)OC1(C)CC1)C2. The Labute approximate surface area is 209 Å². The van der Waals surface area contributed by atoms with E-state index in [0.717, 1.165) is 18.4 Å². The van der Waals surface area contributed by atoms with Gasteiger partial charge in [0.15, 0.2) is 0 Å². The van der Waals surface area contributed by atoms with Crippen molar-refractivity contribution in [2.45, 2.75) is 44.8 Å². The van der Waals surface area contributed by atoms with Crippen molar-refractivity contribution in [3.8, 4) is 11.9 Å². The topological polar surface area (TPSA) is 110 Å². The zero-order chi connectivity index (χ0) is 24.6. The number of rotatable bonds is 6.